The van der Waals surface area contributed by atoms with Gasteiger partial charge in [0, 0.05) is 5.92 Å². The van der Waals surface area contributed by atoms with E-state index in [1.54, 1.807) is 0 Å². The first kappa shape index (κ1) is 35.9. The first-order valence-electron chi connectivity index (χ1n) is 15.4. The summed E-state index contributed by atoms with van der Waals surface area (Å²) in [5.41, 5.74) is 0. The maximum Gasteiger partial charge on any atom is 0.266 e. The molecule has 4 nitrogen and oxygen atoms in total. The second kappa shape index (κ2) is 20.8. The Bertz CT molecular complexity index is 604. The lowest BCUT2D eigenvalue weighted by atomic mass is 9.90. The third-order valence-electron chi connectivity index (χ3n) is 8.03. The van der Waals surface area contributed by atoms with Crippen molar-refractivity contribution in [1.29, 1.82) is 0 Å². The lowest BCUT2D eigenvalue weighted by Crippen LogP contribution is -2.24. The van der Waals surface area contributed by atoms with Gasteiger partial charge in [0.05, 0.1) is 6.26 Å². The first-order chi connectivity index (χ1) is 16.8. The second-order valence-corrected chi connectivity index (χ2v) is 14.6. The summed E-state index contributed by atoms with van der Waals surface area (Å²) >= 11 is 0. The summed E-state index contributed by atoms with van der Waals surface area (Å²) in [6, 6.07) is 0. The Morgan fingerprint density at radius 2 is 0.833 bits per heavy atom. The average molecular weight is 533 g/mol. The number of unbranched alkanes of at least 4 members (excludes halogenated alkanes) is 1. The molecule has 0 aromatic heterocycles. The molecule has 36 heavy (non-hydrogen) atoms. The zero-order valence-corrected chi connectivity index (χ0v) is 26.3. The summed E-state index contributed by atoms with van der Waals surface area (Å²) in [6.45, 7) is 16.1. The molecule has 0 radical (unpaired) electrons. The van der Waals surface area contributed by atoms with E-state index in [2.05, 4.69) is 45.7 Å². The minimum absolute atomic E-state index is 0.169. The monoisotopic (exact) mass is 532 g/mol. The van der Waals surface area contributed by atoms with Gasteiger partial charge in [0.15, 0.2) is 6.29 Å². The fourth-order valence-corrected chi connectivity index (χ4v) is 5.82. The molecule has 0 saturated carbocycles. The summed E-state index contributed by atoms with van der Waals surface area (Å²) in [5, 5.41) is 9.84. The topological polar surface area (TPSA) is 63.6 Å². The van der Waals surface area contributed by atoms with E-state index < -0.39 is 16.4 Å². The Hall–Kier alpha value is -0.130. The van der Waals surface area contributed by atoms with Crippen LogP contribution in [0.5, 0.6) is 0 Å². The second-order valence-electron chi connectivity index (χ2n) is 13.0. The normalized spacial score (nSPS) is 17.6. The molecule has 0 bridgehead atoms. The van der Waals surface area contributed by atoms with Crippen molar-refractivity contribution in [3.05, 3.63) is 0 Å². The molecule has 0 aromatic carbocycles. The average Bonchev–Trinajstić information content (AvgIpc) is 2.75. The van der Waals surface area contributed by atoms with Crippen LogP contribution in [0.4, 0.5) is 0 Å². The lowest BCUT2D eigenvalue weighted by Gasteiger charge is -2.19. The summed E-state index contributed by atoms with van der Waals surface area (Å²) in [5.74, 6) is 3.96. The highest BCUT2D eigenvalue weighted by Gasteiger charge is 2.19. The van der Waals surface area contributed by atoms with Gasteiger partial charge < -0.3 is 5.11 Å². The SMILES string of the molecule is CC(C)CCCC(C)CCCC(C)CCCCC(C)CCCC(C)CCCC(C)C(O)OS(C)(=O)=O. The first-order valence-corrected chi connectivity index (χ1v) is 17.2. The third-order valence-corrected chi connectivity index (χ3v) is 8.57. The van der Waals surface area contributed by atoms with E-state index in [4.69, 9.17) is 0 Å². The number of aliphatic hydroxyl groups excluding tert-OH is 1. The molecular weight excluding hydrogens is 468 g/mol. The zero-order chi connectivity index (χ0) is 27.6. The molecule has 0 rings (SSSR count). The van der Waals surface area contributed by atoms with E-state index in [9.17, 15) is 13.5 Å². The molecular formula is C31H64O4S. The van der Waals surface area contributed by atoms with Crippen LogP contribution in [0.3, 0.4) is 0 Å². The van der Waals surface area contributed by atoms with Gasteiger partial charge in [0.2, 0.25) is 0 Å². The minimum atomic E-state index is -3.60. The molecule has 0 saturated heterocycles. The lowest BCUT2D eigenvalue weighted by molar-refractivity contribution is -0.0545. The standard InChI is InChI=1S/C31H64O4S/c1-25(2)15-11-18-28(5)21-12-19-26(3)16-9-10-17-27(4)20-13-22-29(6)23-14-24-30(7)31(32)35-36(8,33)34/h25-32H,9-24H2,1-8H3. The fraction of sp³-hybridized carbons (Fsp3) is 1.00. The van der Waals surface area contributed by atoms with E-state index in [0.29, 0.717) is 5.92 Å². The molecule has 0 fully saturated rings. The van der Waals surface area contributed by atoms with Gasteiger partial charge in [-0.25, -0.2) is 4.18 Å². The Labute approximate surface area is 226 Å². The van der Waals surface area contributed by atoms with Crippen LogP contribution in [-0.4, -0.2) is 26.1 Å². The molecule has 1 N–H and O–H groups in total. The van der Waals surface area contributed by atoms with Crippen molar-refractivity contribution in [2.45, 2.75) is 157 Å². The van der Waals surface area contributed by atoms with Crippen molar-refractivity contribution in [2.24, 2.45) is 35.5 Å². The van der Waals surface area contributed by atoms with Gasteiger partial charge >= 0.3 is 0 Å². The largest absolute Gasteiger partial charge is 0.367 e. The van der Waals surface area contributed by atoms with E-state index in [-0.39, 0.29) is 5.92 Å². The van der Waals surface area contributed by atoms with Crippen molar-refractivity contribution < 1.29 is 17.7 Å². The summed E-state index contributed by atoms with van der Waals surface area (Å²) < 4.78 is 26.9. The van der Waals surface area contributed by atoms with Gasteiger partial charge in [-0.2, -0.15) is 8.42 Å². The number of aliphatic hydroxyl groups is 1. The fourth-order valence-electron chi connectivity index (χ4n) is 5.27. The molecule has 218 valence electrons. The van der Waals surface area contributed by atoms with E-state index >= 15 is 0 Å². The highest BCUT2D eigenvalue weighted by molar-refractivity contribution is 7.86. The van der Waals surface area contributed by atoms with Crippen LogP contribution in [0.15, 0.2) is 0 Å². The molecule has 0 aliphatic heterocycles. The van der Waals surface area contributed by atoms with Crippen molar-refractivity contribution >= 4 is 10.1 Å². The van der Waals surface area contributed by atoms with Gasteiger partial charge in [-0.1, -0.05) is 145 Å². The van der Waals surface area contributed by atoms with Gasteiger partial charge in [-0.15, -0.1) is 0 Å². The summed E-state index contributed by atoms with van der Waals surface area (Å²) in [4.78, 5) is 0. The zero-order valence-electron chi connectivity index (χ0n) is 25.4. The number of hydrogen-bond donors (Lipinski definition) is 1. The summed E-state index contributed by atoms with van der Waals surface area (Å²) in [6.07, 6.45) is 20.5. The molecule has 5 heteroatoms. The van der Waals surface area contributed by atoms with Gasteiger partial charge in [-0.3, -0.25) is 0 Å². The predicted octanol–water partition coefficient (Wildman–Crippen LogP) is 9.36. The van der Waals surface area contributed by atoms with Crippen LogP contribution in [0.25, 0.3) is 0 Å². The molecule has 6 atom stereocenters. The van der Waals surface area contributed by atoms with Crippen molar-refractivity contribution in [1.82, 2.24) is 0 Å². The van der Waals surface area contributed by atoms with E-state index in [1.165, 1.54) is 83.5 Å². The molecule has 0 aliphatic carbocycles. The maximum absolute atomic E-state index is 11.1. The van der Waals surface area contributed by atoms with Crippen molar-refractivity contribution in [3.8, 4) is 0 Å². The highest BCUT2D eigenvalue weighted by Crippen LogP contribution is 2.25. The molecule has 0 heterocycles. The predicted molar refractivity (Wildman–Crippen MR) is 156 cm³/mol. The molecule has 0 spiro atoms. The van der Waals surface area contributed by atoms with Crippen LogP contribution < -0.4 is 0 Å². The minimum Gasteiger partial charge on any atom is -0.367 e. The van der Waals surface area contributed by atoms with E-state index in [1.807, 2.05) is 6.92 Å². The van der Waals surface area contributed by atoms with E-state index in [0.717, 1.165) is 49.2 Å². The van der Waals surface area contributed by atoms with Crippen LogP contribution in [0.1, 0.15) is 151 Å². The highest BCUT2D eigenvalue weighted by atomic mass is 32.2. The molecule has 0 aromatic rings. The van der Waals surface area contributed by atoms with Crippen LogP contribution in [0, 0.1) is 35.5 Å². The molecule has 0 aliphatic rings. The van der Waals surface area contributed by atoms with Gasteiger partial charge in [-0.05, 0) is 36.0 Å². The molecule has 6 unspecified atom stereocenters. The summed E-state index contributed by atoms with van der Waals surface area (Å²) in [7, 11) is -3.60. The Morgan fingerprint density at radius 1 is 0.528 bits per heavy atom. The number of rotatable bonds is 24. The third kappa shape index (κ3) is 23.0. The van der Waals surface area contributed by atoms with Crippen LogP contribution in [0.2, 0.25) is 0 Å². The Morgan fingerprint density at radius 3 is 1.17 bits per heavy atom. The van der Waals surface area contributed by atoms with Crippen molar-refractivity contribution in [2.75, 3.05) is 6.26 Å². The Balaban J connectivity index is 3.71. The van der Waals surface area contributed by atoms with Crippen LogP contribution >= 0.6 is 0 Å². The van der Waals surface area contributed by atoms with Gasteiger partial charge in [0.25, 0.3) is 10.1 Å². The number of hydrogen-bond acceptors (Lipinski definition) is 4. The quantitative estimate of drug-likeness (QED) is 0.0764. The van der Waals surface area contributed by atoms with Gasteiger partial charge in [0.1, 0.15) is 0 Å². The Kier molecular flexibility index (Phi) is 20.7. The molecule has 0 amide bonds. The van der Waals surface area contributed by atoms with Crippen molar-refractivity contribution in [3.63, 3.8) is 0 Å². The smallest absolute Gasteiger partial charge is 0.266 e. The van der Waals surface area contributed by atoms with Crippen LogP contribution in [-0.2, 0) is 14.3 Å². The maximum atomic E-state index is 11.1.